The van der Waals surface area contributed by atoms with E-state index in [2.05, 4.69) is 10.4 Å². The van der Waals surface area contributed by atoms with Gasteiger partial charge in [0.2, 0.25) is 0 Å². The SMILES string of the molecule is COc1ccc(CCNC(=O)c2c(-c3ccccc3)c(-c3ccccc3)nn(C)c2=O)cc1OC. The molecule has 1 amide bonds. The van der Waals surface area contributed by atoms with Gasteiger partial charge in [0.15, 0.2) is 11.5 Å². The first-order chi connectivity index (χ1) is 17.0. The molecule has 0 atom stereocenters. The highest BCUT2D eigenvalue weighted by molar-refractivity contribution is 6.03. The maximum absolute atomic E-state index is 13.4. The Bertz CT molecular complexity index is 1380. The largest absolute Gasteiger partial charge is 0.493 e. The molecule has 7 nitrogen and oxygen atoms in total. The zero-order chi connectivity index (χ0) is 24.8. The fourth-order valence-corrected chi connectivity index (χ4v) is 3.97. The first kappa shape index (κ1) is 23.8. The summed E-state index contributed by atoms with van der Waals surface area (Å²) in [6.45, 7) is 0.342. The van der Waals surface area contributed by atoms with E-state index in [4.69, 9.17) is 9.47 Å². The number of rotatable bonds is 8. The molecule has 3 aromatic carbocycles. The fourth-order valence-electron chi connectivity index (χ4n) is 3.97. The van der Waals surface area contributed by atoms with Gasteiger partial charge in [-0.05, 0) is 29.7 Å². The van der Waals surface area contributed by atoms with Crippen LogP contribution in [-0.2, 0) is 13.5 Å². The van der Waals surface area contributed by atoms with Crippen LogP contribution in [0.3, 0.4) is 0 Å². The van der Waals surface area contributed by atoms with Crippen LogP contribution in [0.15, 0.2) is 83.7 Å². The molecule has 0 spiro atoms. The van der Waals surface area contributed by atoms with E-state index in [1.807, 2.05) is 78.9 Å². The van der Waals surface area contributed by atoms with Gasteiger partial charge in [-0.15, -0.1) is 0 Å². The Balaban J connectivity index is 1.69. The number of nitrogens with one attached hydrogen (secondary N) is 1. The number of methoxy groups -OCH3 is 2. The number of nitrogens with zero attached hydrogens (tertiary/aromatic N) is 2. The number of carbonyl (C=O) groups is 1. The minimum Gasteiger partial charge on any atom is -0.493 e. The molecule has 4 rings (SSSR count). The summed E-state index contributed by atoms with van der Waals surface area (Å²) in [6.07, 6.45) is 0.559. The van der Waals surface area contributed by atoms with Gasteiger partial charge < -0.3 is 14.8 Å². The van der Waals surface area contributed by atoms with Crippen molar-refractivity contribution in [2.75, 3.05) is 20.8 Å². The number of aromatic nitrogens is 2. The Morgan fingerprint density at radius 3 is 2.14 bits per heavy atom. The van der Waals surface area contributed by atoms with E-state index >= 15 is 0 Å². The second kappa shape index (κ2) is 10.7. The van der Waals surface area contributed by atoms with Crippen molar-refractivity contribution in [2.24, 2.45) is 7.05 Å². The number of amides is 1. The Labute approximate surface area is 204 Å². The van der Waals surface area contributed by atoms with Crippen LogP contribution in [0.5, 0.6) is 11.5 Å². The first-order valence-corrected chi connectivity index (χ1v) is 11.2. The zero-order valence-electron chi connectivity index (χ0n) is 19.9. The second-order valence-electron chi connectivity index (χ2n) is 7.95. The topological polar surface area (TPSA) is 82.5 Å². The van der Waals surface area contributed by atoms with E-state index in [1.54, 1.807) is 21.3 Å². The molecule has 0 saturated heterocycles. The molecule has 0 unspecified atom stereocenters. The normalized spacial score (nSPS) is 10.6. The van der Waals surface area contributed by atoms with Crippen molar-refractivity contribution in [1.82, 2.24) is 15.1 Å². The molecule has 35 heavy (non-hydrogen) atoms. The van der Waals surface area contributed by atoms with Gasteiger partial charge in [-0.3, -0.25) is 9.59 Å². The van der Waals surface area contributed by atoms with Gasteiger partial charge in [0.05, 0.1) is 19.9 Å². The van der Waals surface area contributed by atoms with E-state index in [1.165, 1.54) is 4.68 Å². The van der Waals surface area contributed by atoms with E-state index in [0.717, 1.165) is 16.7 Å². The molecule has 0 saturated carbocycles. The maximum Gasteiger partial charge on any atom is 0.280 e. The molecular formula is C28H27N3O4. The van der Waals surface area contributed by atoms with E-state index in [-0.39, 0.29) is 5.56 Å². The summed E-state index contributed by atoms with van der Waals surface area (Å²) in [4.78, 5) is 26.6. The summed E-state index contributed by atoms with van der Waals surface area (Å²) in [5.41, 5.74) is 3.25. The van der Waals surface area contributed by atoms with Gasteiger partial charge in [-0.2, -0.15) is 5.10 Å². The molecule has 0 bridgehead atoms. The first-order valence-electron chi connectivity index (χ1n) is 11.2. The molecule has 1 heterocycles. The highest BCUT2D eigenvalue weighted by Gasteiger charge is 2.24. The summed E-state index contributed by atoms with van der Waals surface area (Å²) in [5.74, 6) is 0.823. The van der Waals surface area contributed by atoms with Crippen LogP contribution in [0.4, 0.5) is 0 Å². The van der Waals surface area contributed by atoms with Crippen molar-refractivity contribution in [2.45, 2.75) is 6.42 Å². The van der Waals surface area contributed by atoms with Crippen LogP contribution in [0.1, 0.15) is 15.9 Å². The third-order valence-corrected chi connectivity index (χ3v) is 5.73. The summed E-state index contributed by atoms with van der Waals surface area (Å²) in [6, 6.07) is 24.6. The van der Waals surface area contributed by atoms with Crippen LogP contribution >= 0.6 is 0 Å². The lowest BCUT2D eigenvalue weighted by Gasteiger charge is -2.16. The van der Waals surface area contributed by atoms with Crippen LogP contribution in [0.25, 0.3) is 22.4 Å². The maximum atomic E-state index is 13.4. The van der Waals surface area contributed by atoms with Gasteiger partial charge in [0, 0.05) is 24.7 Å². The van der Waals surface area contributed by atoms with Crippen molar-refractivity contribution in [3.63, 3.8) is 0 Å². The number of hydrogen-bond donors (Lipinski definition) is 1. The van der Waals surface area contributed by atoms with Gasteiger partial charge >= 0.3 is 0 Å². The van der Waals surface area contributed by atoms with E-state index < -0.39 is 11.5 Å². The summed E-state index contributed by atoms with van der Waals surface area (Å²) in [7, 11) is 4.73. The average molecular weight is 470 g/mol. The van der Waals surface area contributed by atoms with Crippen molar-refractivity contribution in [3.05, 3.63) is 100 Å². The molecule has 0 aliphatic carbocycles. The van der Waals surface area contributed by atoms with Gasteiger partial charge in [-0.1, -0.05) is 66.7 Å². The molecule has 0 aliphatic heterocycles. The van der Waals surface area contributed by atoms with Crippen LogP contribution < -0.4 is 20.3 Å². The number of ether oxygens (including phenoxy) is 2. The average Bonchev–Trinajstić information content (AvgIpc) is 2.90. The number of aryl methyl sites for hydroxylation is 1. The molecule has 0 fully saturated rings. The number of carbonyl (C=O) groups excluding carboxylic acids is 1. The Morgan fingerprint density at radius 2 is 1.51 bits per heavy atom. The third-order valence-electron chi connectivity index (χ3n) is 5.73. The molecule has 0 aliphatic rings. The van der Waals surface area contributed by atoms with E-state index in [9.17, 15) is 9.59 Å². The Hall–Kier alpha value is -4.39. The minimum absolute atomic E-state index is 0.0693. The molecule has 4 aromatic rings. The van der Waals surface area contributed by atoms with Crippen LogP contribution in [-0.4, -0.2) is 36.5 Å². The number of hydrogen-bond acceptors (Lipinski definition) is 5. The summed E-state index contributed by atoms with van der Waals surface area (Å²) < 4.78 is 11.9. The predicted molar refractivity (Wildman–Crippen MR) is 136 cm³/mol. The Kier molecular flexibility index (Phi) is 7.26. The van der Waals surface area contributed by atoms with Crippen molar-refractivity contribution >= 4 is 5.91 Å². The van der Waals surface area contributed by atoms with Gasteiger partial charge in [0.1, 0.15) is 5.56 Å². The summed E-state index contributed by atoms with van der Waals surface area (Å²) in [5, 5.41) is 7.44. The lowest BCUT2D eigenvalue weighted by molar-refractivity contribution is 0.0952. The molecule has 0 radical (unpaired) electrons. The molecule has 1 aromatic heterocycles. The Morgan fingerprint density at radius 1 is 0.886 bits per heavy atom. The molecular weight excluding hydrogens is 442 g/mol. The lowest BCUT2D eigenvalue weighted by Crippen LogP contribution is -2.35. The highest BCUT2D eigenvalue weighted by Crippen LogP contribution is 2.32. The fraction of sp³-hybridized carbons (Fsp3) is 0.179. The quantitative estimate of drug-likeness (QED) is 0.420. The van der Waals surface area contributed by atoms with Gasteiger partial charge in [-0.25, -0.2) is 4.68 Å². The van der Waals surface area contributed by atoms with Crippen LogP contribution in [0, 0.1) is 0 Å². The lowest BCUT2D eigenvalue weighted by atomic mass is 9.95. The predicted octanol–water partition coefficient (Wildman–Crippen LogP) is 4.10. The standard InChI is InChI=1S/C28H27N3O4/c1-31-28(33)25(27(32)29-17-16-19-14-15-22(34-2)23(18-19)35-3)24(20-10-6-4-7-11-20)26(30-31)21-12-8-5-9-13-21/h4-15,18H,16-17H2,1-3H3,(H,29,32). The molecule has 7 heteroatoms. The summed E-state index contributed by atoms with van der Waals surface area (Å²) >= 11 is 0. The van der Waals surface area contributed by atoms with Crippen molar-refractivity contribution in [3.8, 4) is 33.9 Å². The van der Waals surface area contributed by atoms with E-state index in [0.29, 0.717) is 35.7 Å². The molecule has 1 N–H and O–H groups in total. The smallest absolute Gasteiger partial charge is 0.280 e. The third kappa shape index (κ3) is 5.09. The highest BCUT2D eigenvalue weighted by atomic mass is 16.5. The monoisotopic (exact) mass is 469 g/mol. The molecule has 178 valence electrons. The second-order valence-corrected chi connectivity index (χ2v) is 7.95. The van der Waals surface area contributed by atoms with Crippen molar-refractivity contribution < 1.29 is 14.3 Å². The number of benzene rings is 3. The van der Waals surface area contributed by atoms with Crippen molar-refractivity contribution in [1.29, 1.82) is 0 Å². The zero-order valence-corrected chi connectivity index (χ0v) is 19.9. The van der Waals surface area contributed by atoms with Crippen LogP contribution in [0.2, 0.25) is 0 Å². The van der Waals surface area contributed by atoms with Gasteiger partial charge in [0.25, 0.3) is 11.5 Å². The minimum atomic E-state index is -0.452.